The van der Waals surface area contributed by atoms with Crippen LogP contribution in [0.15, 0.2) is 267 Å². The molecule has 4 heteroatoms. The smallest absolute Gasteiger partial charge is 0.0728 e. The monoisotopic (exact) mass is 980 g/mol. The van der Waals surface area contributed by atoms with Crippen LogP contribution in [0.5, 0.6) is 0 Å². The van der Waals surface area contributed by atoms with Crippen LogP contribution in [0.3, 0.4) is 0 Å². The largest absolute Gasteiger partial charge is 0.333 e. The number of hydrogen-bond donors (Lipinski definition) is 0. The van der Waals surface area contributed by atoms with Gasteiger partial charge in [-0.25, -0.2) is 0 Å². The van der Waals surface area contributed by atoms with Gasteiger partial charge < -0.3 is 18.9 Å². The lowest BCUT2D eigenvalue weighted by molar-refractivity contribution is 0.739. The van der Waals surface area contributed by atoms with Gasteiger partial charge in [0.25, 0.3) is 0 Å². The molecule has 10 aromatic carbocycles. The molecule has 77 heavy (non-hydrogen) atoms. The molecular formula is C73H48N4. The van der Waals surface area contributed by atoms with E-state index in [1.165, 1.54) is 122 Å². The van der Waals surface area contributed by atoms with E-state index < -0.39 is 5.41 Å². The Balaban J connectivity index is 0.960. The lowest BCUT2D eigenvalue weighted by atomic mass is 9.70. The molecule has 1 spiro atoms. The van der Waals surface area contributed by atoms with E-state index in [0.717, 1.165) is 11.4 Å². The number of hydrogen-bond acceptors (Lipinski definition) is 2. The van der Waals surface area contributed by atoms with E-state index in [1.54, 1.807) is 0 Å². The summed E-state index contributed by atoms with van der Waals surface area (Å²) < 4.78 is 5.01. The number of allylic oxidation sites excluding steroid dienone is 4. The first-order valence-electron chi connectivity index (χ1n) is 27.2. The van der Waals surface area contributed by atoms with E-state index in [2.05, 4.69) is 286 Å². The zero-order chi connectivity index (χ0) is 50.1. The zero-order valence-corrected chi connectivity index (χ0v) is 42.0. The van der Waals surface area contributed by atoms with E-state index in [1.807, 2.05) is 0 Å². The molecule has 4 atom stereocenters. The van der Waals surface area contributed by atoms with Gasteiger partial charge in [0.15, 0.2) is 0 Å². The normalized spacial score (nSPS) is 19.3. The Morgan fingerprint density at radius 1 is 0.286 bits per heavy atom. The predicted molar refractivity (Wildman–Crippen MR) is 318 cm³/mol. The molecule has 18 rings (SSSR count). The van der Waals surface area contributed by atoms with Crippen molar-refractivity contribution >= 4 is 66.4 Å². The minimum atomic E-state index is -0.729. The van der Waals surface area contributed by atoms with Gasteiger partial charge in [0.1, 0.15) is 0 Å². The Morgan fingerprint density at radius 2 is 0.597 bits per heavy atom. The van der Waals surface area contributed by atoms with E-state index in [-0.39, 0.29) is 23.9 Å². The molecule has 2 aromatic heterocycles. The Morgan fingerprint density at radius 3 is 0.987 bits per heavy atom. The number of benzene rings is 10. The molecule has 6 aliphatic rings. The highest BCUT2D eigenvalue weighted by Gasteiger charge is 2.53. The maximum absolute atomic E-state index is 2.62. The standard InChI is InChI=1S/C73H48N4/c1-9-25-65-53(17-1)54-18-2-10-26-66(54)74(65)45-33-37-49-50-38-34-46(75-67-27-11-3-19-55(67)56-20-4-12-28-68(56)75)42-62(50)73(61(49)41-45)63-43-47(76-69-29-13-5-21-57(69)58-22-6-14-30-70(58)76)35-39-51(63)52-40-36-48(44-64(52)73)77-71-31-15-7-23-59(71)60-24-8-16-32-72(60)77/h1-44,53,55,65,67H. The lowest BCUT2D eigenvalue weighted by Crippen LogP contribution is -2.30. The fourth-order valence-electron chi connectivity index (χ4n) is 15.3. The molecule has 4 aliphatic carbocycles. The van der Waals surface area contributed by atoms with Crippen LogP contribution < -0.4 is 9.80 Å². The van der Waals surface area contributed by atoms with Crippen molar-refractivity contribution in [3.63, 3.8) is 0 Å². The number of nitrogens with zero attached hydrogens (tertiary/aromatic N) is 4. The van der Waals surface area contributed by atoms with Crippen LogP contribution in [-0.2, 0) is 5.41 Å². The number of rotatable bonds is 4. The highest BCUT2D eigenvalue weighted by Crippen LogP contribution is 2.65. The molecule has 0 amide bonds. The Labute approximate surface area is 446 Å². The zero-order valence-electron chi connectivity index (χ0n) is 42.0. The molecule has 12 aromatic rings. The van der Waals surface area contributed by atoms with Crippen LogP contribution in [0.4, 0.5) is 22.7 Å². The molecule has 360 valence electrons. The molecule has 0 saturated carbocycles. The Kier molecular flexibility index (Phi) is 8.25. The molecule has 2 aliphatic heterocycles. The highest BCUT2D eigenvalue weighted by atomic mass is 15.2. The van der Waals surface area contributed by atoms with Gasteiger partial charge in [0.2, 0.25) is 0 Å². The summed E-state index contributed by atoms with van der Waals surface area (Å²) in [6.45, 7) is 0. The summed E-state index contributed by atoms with van der Waals surface area (Å²) in [6, 6.07) is 83.8. The fraction of sp³-hybridized carbons (Fsp3) is 0.0685. The molecule has 0 N–H and O–H groups in total. The molecule has 0 bridgehead atoms. The molecule has 4 heterocycles. The SMILES string of the molecule is C1=CC2c3ccccc3N(c3ccc4c(c3)C3(c5cc(N6c7ccccc7C7C=CC=CC76)ccc5-4)c4cc(-n5c6ccccc6c6ccccc65)ccc4-c4ccc(-n5c6ccccc6c6ccccc65)cc43)C2C=C1. The second-order valence-electron chi connectivity index (χ2n) is 21.8. The summed E-state index contributed by atoms with van der Waals surface area (Å²) >= 11 is 0. The summed E-state index contributed by atoms with van der Waals surface area (Å²) in [5, 5.41) is 5.04. The van der Waals surface area contributed by atoms with Gasteiger partial charge in [0, 0.05) is 67.5 Å². The van der Waals surface area contributed by atoms with Crippen LogP contribution in [0.25, 0.3) is 77.2 Å². The number of anilines is 4. The lowest BCUT2D eigenvalue weighted by Gasteiger charge is -2.34. The van der Waals surface area contributed by atoms with Gasteiger partial charge in [-0.15, -0.1) is 0 Å². The number of aromatic nitrogens is 2. The van der Waals surface area contributed by atoms with Crippen LogP contribution in [-0.4, -0.2) is 21.2 Å². The van der Waals surface area contributed by atoms with Crippen LogP contribution in [0.2, 0.25) is 0 Å². The summed E-state index contributed by atoms with van der Waals surface area (Å²) in [4.78, 5) is 5.23. The molecule has 4 nitrogen and oxygen atoms in total. The van der Waals surface area contributed by atoms with Crippen molar-refractivity contribution < 1.29 is 0 Å². The molecule has 0 radical (unpaired) electrons. The van der Waals surface area contributed by atoms with Gasteiger partial charge in [0.05, 0.1) is 39.6 Å². The van der Waals surface area contributed by atoms with Gasteiger partial charge >= 0.3 is 0 Å². The van der Waals surface area contributed by atoms with Crippen molar-refractivity contribution in [2.75, 3.05) is 9.80 Å². The fourth-order valence-corrected chi connectivity index (χ4v) is 15.3. The van der Waals surface area contributed by atoms with Crippen LogP contribution in [0.1, 0.15) is 45.2 Å². The second-order valence-corrected chi connectivity index (χ2v) is 21.8. The molecule has 0 saturated heterocycles. The Hall–Kier alpha value is -9.64. The van der Waals surface area contributed by atoms with E-state index in [4.69, 9.17) is 0 Å². The Bertz CT molecular complexity index is 4300. The molecule has 0 fully saturated rings. The quantitative estimate of drug-likeness (QED) is 0.175. The van der Waals surface area contributed by atoms with Crippen molar-refractivity contribution in [2.45, 2.75) is 29.3 Å². The average Bonchev–Trinajstić information content (AvgIpc) is 4.34. The van der Waals surface area contributed by atoms with Gasteiger partial charge in [-0.2, -0.15) is 0 Å². The highest BCUT2D eigenvalue weighted by molar-refractivity contribution is 6.11. The maximum Gasteiger partial charge on any atom is 0.0728 e. The van der Waals surface area contributed by atoms with E-state index in [0.29, 0.717) is 0 Å². The summed E-state index contributed by atoms with van der Waals surface area (Å²) in [7, 11) is 0. The van der Waals surface area contributed by atoms with E-state index >= 15 is 0 Å². The van der Waals surface area contributed by atoms with Gasteiger partial charge in [-0.3, -0.25) is 0 Å². The topological polar surface area (TPSA) is 16.3 Å². The first-order chi connectivity index (χ1) is 38.2. The third-order valence-electron chi connectivity index (χ3n) is 18.4. The third kappa shape index (κ3) is 5.36. The number of fused-ring (bicyclic) bond motifs is 22. The predicted octanol–water partition coefficient (Wildman–Crippen LogP) is 17.7. The molecule has 4 unspecified atom stereocenters. The third-order valence-corrected chi connectivity index (χ3v) is 18.4. The average molecular weight is 981 g/mol. The summed E-state index contributed by atoms with van der Waals surface area (Å²) in [5.74, 6) is 0.536. The van der Waals surface area contributed by atoms with Crippen LogP contribution >= 0.6 is 0 Å². The maximum atomic E-state index is 2.62. The van der Waals surface area contributed by atoms with Crippen molar-refractivity contribution in [1.29, 1.82) is 0 Å². The van der Waals surface area contributed by atoms with Crippen molar-refractivity contribution in [3.05, 3.63) is 300 Å². The summed E-state index contributed by atoms with van der Waals surface area (Å²) in [5.41, 5.74) is 24.5. The summed E-state index contributed by atoms with van der Waals surface area (Å²) in [6.07, 6.45) is 18.5. The second kappa shape index (κ2) is 15.2. The first-order valence-corrected chi connectivity index (χ1v) is 27.2. The molecular weight excluding hydrogens is 933 g/mol. The van der Waals surface area contributed by atoms with Crippen molar-refractivity contribution in [2.24, 2.45) is 0 Å². The minimum Gasteiger partial charge on any atom is -0.333 e. The number of para-hydroxylation sites is 6. The van der Waals surface area contributed by atoms with Gasteiger partial charge in [-0.1, -0.05) is 182 Å². The van der Waals surface area contributed by atoms with E-state index in [9.17, 15) is 0 Å². The minimum absolute atomic E-state index is 0.162. The van der Waals surface area contributed by atoms with Crippen LogP contribution in [0, 0.1) is 0 Å². The van der Waals surface area contributed by atoms with Gasteiger partial charge in [-0.05, 0) is 141 Å². The van der Waals surface area contributed by atoms with Crippen molar-refractivity contribution in [3.8, 4) is 33.6 Å². The van der Waals surface area contributed by atoms with Crippen molar-refractivity contribution in [1.82, 2.24) is 9.13 Å². The first kappa shape index (κ1) is 41.7.